The topological polar surface area (TPSA) is 86.7 Å². The van der Waals surface area contributed by atoms with Crippen LogP contribution >= 0.6 is 0 Å². The van der Waals surface area contributed by atoms with E-state index in [-0.39, 0.29) is 23.0 Å². The highest BCUT2D eigenvalue weighted by molar-refractivity contribution is 7.89. The van der Waals surface area contributed by atoms with E-state index >= 15 is 0 Å². The van der Waals surface area contributed by atoms with Crippen LogP contribution in [0.2, 0.25) is 0 Å². The zero-order chi connectivity index (χ0) is 21.0. The molecule has 0 saturated carbocycles. The fourth-order valence-corrected chi connectivity index (χ4v) is 5.23. The Labute approximate surface area is 170 Å². The number of nitrogens with one attached hydrogen (secondary N) is 1. The average molecular weight is 421 g/mol. The molecule has 0 radical (unpaired) electrons. The molecule has 3 rings (SSSR count). The average Bonchev–Trinajstić information content (AvgIpc) is 2.72. The lowest BCUT2D eigenvalue weighted by atomic mass is 10.1. The number of amides is 1. The van der Waals surface area contributed by atoms with Crippen LogP contribution in [-0.2, 0) is 10.0 Å². The van der Waals surface area contributed by atoms with E-state index in [1.165, 1.54) is 46.8 Å². The largest absolute Gasteiger partial charge is 0.387 e. The Morgan fingerprint density at radius 3 is 2.72 bits per heavy atom. The van der Waals surface area contributed by atoms with Crippen molar-refractivity contribution >= 4 is 15.9 Å². The van der Waals surface area contributed by atoms with Crippen molar-refractivity contribution < 1.29 is 22.7 Å². The van der Waals surface area contributed by atoms with Gasteiger partial charge >= 0.3 is 0 Å². The van der Waals surface area contributed by atoms with Gasteiger partial charge in [-0.25, -0.2) is 12.8 Å². The van der Waals surface area contributed by atoms with Crippen LogP contribution in [0.4, 0.5) is 4.39 Å². The number of carbonyl (C=O) groups excluding carboxylic acids is 1. The molecule has 1 amide bonds. The summed E-state index contributed by atoms with van der Waals surface area (Å²) in [6.07, 6.45) is 1.57. The zero-order valence-electron chi connectivity index (χ0n) is 16.2. The molecule has 0 bridgehead atoms. The fourth-order valence-electron chi connectivity index (χ4n) is 3.49. The Morgan fingerprint density at radius 1 is 1.24 bits per heavy atom. The molecule has 156 valence electrons. The van der Waals surface area contributed by atoms with Crippen molar-refractivity contribution in [2.45, 2.75) is 43.2 Å². The van der Waals surface area contributed by atoms with Crippen molar-refractivity contribution in [2.75, 3.05) is 13.1 Å². The Balaban J connectivity index is 1.71. The monoisotopic (exact) mass is 420 g/mol. The van der Waals surface area contributed by atoms with E-state index in [0.717, 1.165) is 19.3 Å². The molecule has 2 N–H and O–H groups in total. The van der Waals surface area contributed by atoms with Crippen molar-refractivity contribution in [3.63, 3.8) is 0 Å². The lowest BCUT2D eigenvalue weighted by Gasteiger charge is -2.32. The van der Waals surface area contributed by atoms with Crippen molar-refractivity contribution in [1.29, 1.82) is 0 Å². The van der Waals surface area contributed by atoms with Gasteiger partial charge in [-0.3, -0.25) is 4.79 Å². The zero-order valence-corrected chi connectivity index (χ0v) is 17.0. The molecule has 0 spiro atoms. The van der Waals surface area contributed by atoms with Gasteiger partial charge in [0.25, 0.3) is 5.91 Å². The second kappa shape index (κ2) is 9.02. The van der Waals surface area contributed by atoms with Crippen molar-refractivity contribution in [2.24, 2.45) is 0 Å². The van der Waals surface area contributed by atoms with Crippen LogP contribution in [0, 0.1) is 5.82 Å². The molecule has 2 aromatic rings. The maximum absolute atomic E-state index is 13.3. The number of rotatable bonds is 6. The second-order valence-corrected chi connectivity index (χ2v) is 9.16. The van der Waals surface area contributed by atoms with E-state index in [2.05, 4.69) is 5.32 Å². The number of hydrogen-bond acceptors (Lipinski definition) is 4. The maximum Gasteiger partial charge on any atom is 0.251 e. The number of benzene rings is 2. The summed E-state index contributed by atoms with van der Waals surface area (Å²) in [5.41, 5.74) is 0.530. The Bertz CT molecular complexity index is 980. The van der Waals surface area contributed by atoms with Gasteiger partial charge in [0.2, 0.25) is 10.0 Å². The number of aliphatic hydroxyl groups is 1. The Morgan fingerprint density at radius 2 is 2.00 bits per heavy atom. The van der Waals surface area contributed by atoms with Gasteiger partial charge in [0.1, 0.15) is 5.82 Å². The van der Waals surface area contributed by atoms with Crippen molar-refractivity contribution in [3.05, 3.63) is 65.5 Å². The van der Waals surface area contributed by atoms with Gasteiger partial charge in [0.15, 0.2) is 0 Å². The summed E-state index contributed by atoms with van der Waals surface area (Å²) in [6.45, 7) is 2.24. The van der Waals surface area contributed by atoms with E-state index in [4.69, 9.17) is 0 Å². The minimum atomic E-state index is -3.68. The van der Waals surface area contributed by atoms with E-state index in [1.807, 2.05) is 6.92 Å². The SMILES string of the molecule is CC1CCCCN1S(=O)(=O)c1cccc(C(=O)NCC(O)c2cccc(F)c2)c1. The molecule has 1 aliphatic rings. The first-order chi connectivity index (χ1) is 13.8. The van der Waals surface area contributed by atoms with E-state index < -0.39 is 27.9 Å². The predicted octanol–water partition coefficient (Wildman–Crippen LogP) is 2.85. The number of aliphatic hydroxyl groups excluding tert-OH is 1. The summed E-state index contributed by atoms with van der Waals surface area (Å²) in [5, 5.41) is 12.7. The van der Waals surface area contributed by atoms with Crippen molar-refractivity contribution in [1.82, 2.24) is 9.62 Å². The summed E-state index contributed by atoms with van der Waals surface area (Å²) in [4.78, 5) is 12.5. The van der Waals surface area contributed by atoms with Gasteiger partial charge in [-0.2, -0.15) is 4.31 Å². The molecule has 2 aromatic carbocycles. The molecule has 1 heterocycles. The molecular formula is C21H25FN2O4S. The molecule has 0 aliphatic carbocycles. The molecule has 1 fully saturated rings. The van der Waals surface area contributed by atoms with E-state index in [0.29, 0.717) is 12.1 Å². The molecular weight excluding hydrogens is 395 g/mol. The lowest BCUT2D eigenvalue weighted by Crippen LogP contribution is -2.42. The molecule has 1 aliphatic heterocycles. The highest BCUT2D eigenvalue weighted by Gasteiger charge is 2.31. The minimum absolute atomic E-state index is 0.0737. The summed E-state index contributed by atoms with van der Waals surface area (Å²) in [5.74, 6) is -0.984. The first-order valence-corrected chi connectivity index (χ1v) is 11.1. The predicted molar refractivity (Wildman–Crippen MR) is 107 cm³/mol. The summed E-state index contributed by atoms with van der Waals surface area (Å²) in [7, 11) is -3.68. The maximum atomic E-state index is 13.3. The number of hydrogen-bond donors (Lipinski definition) is 2. The highest BCUT2D eigenvalue weighted by Crippen LogP contribution is 2.25. The van der Waals surface area contributed by atoms with Gasteiger partial charge < -0.3 is 10.4 Å². The summed E-state index contributed by atoms with van der Waals surface area (Å²) >= 11 is 0. The summed E-state index contributed by atoms with van der Waals surface area (Å²) in [6, 6.07) is 11.3. The molecule has 2 unspecified atom stereocenters. The third-order valence-corrected chi connectivity index (χ3v) is 7.14. The second-order valence-electron chi connectivity index (χ2n) is 7.27. The fraction of sp³-hybridized carbons (Fsp3) is 0.381. The number of piperidine rings is 1. The van der Waals surface area contributed by atoms with Gasteiger partial charge in [0.05, 0.1) is 11.0 Å². The smallest absolute Gasteiger partial charge is 0.251 e. The van der Waals surface area contributed by atoms with Crippen LogP contribution in [0.25, 0.3) is 0 Å². The van der Waals surface area contributed by atoms with Crippen LogP contribution in [0.5, 0.6) is 0 Å². The molecule has 2 atom stereocenters. The van der Waals surface area contributed by atoms with Crippen molar-refractivity contribution in [3.8, 4) is 0 Å². The van der Waals surface area contributed by atoms with Crippen LogP contribution in [-0.4, -0.2) is 42.9 Å². The number of halogens is 1. The molecule has 29 heavy (non-hydrogen) atoms. The quantitative estimate of drug-likeness (QED) is 0.752. The van der Waals surface area contributed by atoms with Crippen LogP contribution in [0.15, 0.2) is 53.4 Å². The molecule has 8 heteroatoms. The van der Waals surface area contributed by atoms with Gasteiger partial charge in [0, 0.05) is 24.7 Å². The number of sulfonamides is 1. The van der Waals surface area contributed by atoms with Gasteiger partial charge in [-0.1, -0.05) is 24.6 Å². The molecule has 0 aromatic heterocycles. The normalized spacial score (nSPS) is 18.9. The number of nitrogens with zero attached hydrogens (tertiary/aromatic N) is 1. The van der Waals surface area contributed by atoms with Crippen LogP contribution < -0.4 is 5.32 Å². The first-order valence-electron chi connectivity index (χ1n) is 9.62. The minimum Gasteiger partial charge on any atom is -0.387 e. The Hall–Kier alpha value is -2.29. The Kier molecular flexibility index (Phi) is 6.66. The van der Waals surface area contributed by atoms with E-state index in [1.54, 1.807) is 6.07 Å². The third-order valence-electron chi connectivity index (χ3n) is 5.13. The van der Waals surface area contributed by atoms with E-state index in [9.17, 15) is 22.7 Å². The number of carbonyl (C=O) groups is 1. The van der Waals surface area contributed by atoms with Crippen LogP contribution in [0.3, 0.4) is 0 Å². The van der Waals surface area contributed by atoms with Gasteiger partial charge in [-0.05, 0) is 55.7 Å². The molecule has 6 nitrogen and oxygen atoms in total. The lowest BCUT2D eigenvalue weighted by molar-refractivity contribution is 0.0916. The first kappa shape index (κ1) is 21.4. The standard InChI is InChI=1S/C21H25FN2O4S/c1-15-6-2-3-11-24(15)29(27,28)19-10-5-8-17(13-19)21(26)23-14-20(25)16-7-4-9-18(22)12-16/h4-5,7-10,12-13,15,20,25H,2-3,6,11,14H2,1H3,(H,23,26). The molecule has 1 saturated heterocycles. The third kappa shape index (κ3) is 5.01. The summed E-state index contributed by atoms with van der Waals surface area (Å²) < 4.78 is 40.7. The highest BCUT2D eigenvalue weighted by atomic mass is 32.2. The van der Waals surface area contributed by atoms with Crippen LogP contribution in [0.1, 0.15) is 48.2 Å². The van der Waals surface area contributed by atoms with Gasteiger partial charge in [-0.15, -0.1) is 0 Å².